The average molecular weight is 371 g/mol. The van der Waals surface area contributed by atoms with Crippen LogP contribution in [0.1, 0.15) is 26.3 Å². The van der Waals surface area contributed by atoms with Crippen LogP contribution in [-0.2, 0) is 18.2 Å². The monoisotopic (exact) mass is 371 g/mol. The summed E-state index contributed by atoms with van der Waals surface area (Å²) in [5.74, 6) is -0.493. The van der Waals surface area contributed by atoms with E-state index in [2.05, 4.69) is 5.32 Å². The van der Waals surface area contributed by atoms with Crippen LogP contribution in [0.5, 0.6) is 0 Å². The van der Waals surface area contributed by atoms with Gasteiger partial charge in [0.15, 0.2) is 0 Å². The number of aryl methyl sites for hydroxylation is 1. The molecule has 1 aromatic carbocycles. The van der Waals surface area contributed by atoms with Crippen molar-refractivity contribution in [3.63, 3.8) is 0 Å². The molecule has 1 aromatic heterocycles. The number of halogens is 1. The van der Waals surface area contributed by atoms with Crippen molar-refractivity contribution in [1.82, 2.24) is 9.88 Å². The predicted octanol–water partition coefficient (Wildman–Crippen LogP) is 3.15. The van der Waals surface area contributed by atoms with E-state index < -0.39 is 23.6 Å². The van der Waals surface area contributed by atoms with Gasteiger partial charge < -0.3 is 14.6 Å². The molecule has 2 rings (SSSR count). The molecule has 1 heterocycles. The van der Waals surface area contributed by atoms with Gasteiger partial charge in [-0.05, 0) is 49.6 Å². The summed E-state index contributed by atoms with van der Waals surface area (Å²) >= 11 is 0. The number of hydrogen-bond acceptors (Lipinski definition) is 4. The molecule has 0 saturated carbocycles. The Morgan fingerprint density at radius 2 is 1.96 bits per heavy atom. The zero-order valence-corrected chi connectivity index (χ0v) is 15.7. The SMILES string of the molecule is Cn1cc(-c2ccc(CC(C#N)NC(=O)OC(C)(C)C)c(F)c2)ccc1=O. The van der Waals surface area contributed by atoms with Crippen LogP contribution < -0.4 is 10.9 Å². The molecular weight excluding hydrogens is 349 g/mol. The molecule has 2 aromatic rings. The van der Waals surface area contributed by atoms with Crippen LogP contribution in [-0.4, -0.2) is 22.3 Å². The summed E-state index contributed by atoms with van der Waals surface area (Å²) in [7, 11) is 1.62. The number of benzene rings is 1. The van der Waals surface area contributed by atoms with Gasteiger partial charge in [0.25, 0.3) is 0 Å². The number of rotatable bonds is 4. The number of ether oxygens (including phenoxy) is 1. The zero-order valence-electron chi connectivity index (χ0n) is 15.7. The van der Waals surface area contributed by atoms with Gasteiger partial charge in [-0.15, -0.1) is 0 Å². The predicted molar refractivity (Wildman–Crippen MR) is 99.6 cm³/mol. The maximum atomic E-state index is 14.5. The zero-order chi connectivity index (χ0) is 20.2. The first-order valence-corrected chi connectivity index (χ1v) is 8.43. The standard InChI is InChI=1S/C20H22FN3O3/c1-20(2,3)27-19(26)23-16(11-22)9-14-6-5-13(10-17(14)21)15-7-8-18(25)24(4)12-15/h5-8,10,12,16H,9H2,1-4H3,(H,23,26). The van der Waals surface area contributed by atoms with Crippen molar-refractivity contribution in [2.45, 2.75) is 38.8 Å². The van der Waals surface area contributed by atoms with E-state index in [0.717, 1.165) is 0 Å². The molecule has 1 unspecified atom stereocenters. The smallest absolute Gasteiger partial charge is 0.408 e. The molecule has 0 aliphatic carbocycles. The number of nitrogens with one attached hydrogen (secondary N) is 1. The Morgan fingerprint density at radius 3 is 2.52 bits per heavy atom. The van der Waals surface area contributed by atoms with E-state index in [9.17, 15) is 19.2 Å². The lowest BCUT2D eigenvalue weighted by molar-refractivity contribution is 0.0515. The van der Waals surface area contributed by atoms with Gasteiger partial charge in [0.2, 0.25) is 5.56 Å². The Bertz CT molecular complexity index is 939. The summed E-state index contributed by atoms with van der Waals surface area (Å²) in [6, 6.07) is 8.68. The van der Waals surface area contributed by atoms with E-state index >= 15 is 0 Å². The maximum absolute atomic E-state index is 14.5. The Kier molecular flexibility index (Phi) is 6.01. The van der Waals surface area contributed by atoms with Gasteiger partial charge in [0, 0.05) is 25.7 Å². The Labute approximate surface area is 157 Å². The van der Waals surface area contributed by atoms with Crippen LogP contribution in [0.2, 0.25) is 0 Å². The normalized spacial score (nSPS) is 12.1. The number of aromatic nitrogens is 1. The molecule has 7 heteroatoms. The number of carbonyl (C=O) groups excluding carboxylic acids is 1. The van der Waals surface area contributed by atoms with Crippen molar-refractivity contribution < 1.29 is 13.9 Å². The van der Waals surface area contributed by atoms with Gasteiger partial charge in [-0.2, -0.15) is 5.26 Å². The van der Waals surface area contributed by atoms with Crippen LogP contribution in [0.15, 0.2) is 41.3 Å². The number of hydrogen-bond donors (Lipinski definition) is 1. The molecule has 27 heavy (non-hydrogen) atoms. The molecule has 0 aliphatic heterocycles. The molecule has 0 saturated heterocycles. The number of alkyl carbamates (subject to hydrolysis) is 1. The lowest BCUT2D eigenvalue weighted by Crippen LogP contribution is -2.39. The van der Waals surface area contributed by atoms with Crippen LogP contribution in [0.4, 0.5) is 9.18 Å². The van der Waals surface area contributed by atoms with E-state index in [0.29, 0.717) is 16.7 Å². The first-order chi connectivity index (χ1) is 12.6. The molecule has 0 bridgehead atoms. The van der Waals surface area contributed by atoms with Crippen LogP contribution in [0, 0.1) is 17.1 Å². The second-order valence-corrected chi connectivity index (χ2v) is 7.21. The van der Waals surface area contributed by atoms with E-state index in [1.165, 1.54) is 16.7 Å². The fraction of sp³-hybridized carbons (Fsp3) is 0.350. The van der Waals surface area contributed by atoms with Gasteiger partial charge in [-0.1, -0.05) is 12.1 Å². The number of pyridine rings is 1. The first kappa shape index (κ1) is 20.2. The van der Waals surface area contributed by atoms with Crippen molar-refractivity contribution in [3.8, 4) is 17.2 Å². The minimum absolute atomic E-state index is 0.00906. The quantitative estimate of drug-likeness (QED) is 0.895. The molecule has 1 N–H and O–H groups in total. The molecule has 0 spiro atoms. The summed E-state index contributed by atoms with van der Waals surface area (Å²) in [6.45, 7) is 5.14. The molecule has 0 radical (unpaired) electrons. The highest BCUT2D eigenvalue weighted by Gasteiger charge is 2.20. The average Bonchev–Trinajstić information content (AvgIpc) is 2.56. The van der Waals surface area contributed by atoms with Crippen molar-refractivity contribution >= 4 is 6.09 Å². The Hall–Kier alpha value is -3.14. The minimum Gasteiger partial charge on any atom is -0.444 e. The van der Waals surface area contributed by atoms with Crippen LogP contribution in [0.25, 0.3) is 11.1 Å². The Balaban J connectivity index is 2.14. The van der Waals surface area contributed by atoms with Gasteiger partial charge in [-0.3, -0.25) is 4.79 Å². The van der Waals surface area contributed by atoms with E-state index in [4.69, 9.17) is 4.74 Å². The second-order valence-electron chi connectivity index (χ2n) is 7.21. The maximum Gasteiger partial charge on any atom is 0.408 e. The summed E-state index contributed by atoms with van der Waals surface area (Å²) in [4.78, 5) is 23.3. The molecule has 0 aliphatic rings. The van der Waals surface area contributed by atoms with E-state index in [-0.39, 0.29) is 12.0 Å². The summed E-state index contributed by atoms with van der Waals surface area (Å²) in [5, 5.41) is 11.7. The second kappa shape index (κ2) is 8.04. The van der Waals surface area contributed by atoms with Gasteiger partial charge in [0.05, 0.1) is 6.07 Å². The third kappa shape index (κ3) is 5.68. The van der Waals surface area contributed by atoms with Crippen molar-refractivity contribution in [2.24, 2.45) is 7.05 Å². The van der Waals surface area contributed by atoms with E-state index in [1.54, 1.807) is 52.2 Å². The lowest BCUT2D eigenvalue weighted by Gasteiger charge is -2.21. The third-order valence-electron chi connectivity index (χ3n) is 3.74. The highest BCUT2D eigenvalue weighted by molar-refractivity contribution is 5.68. The molecule has 1 atom stereocenters. The summed E-state index contributed by atoms with van der Waals surface area (Å²) < 4.78 is 21.0. The van der Waals surface area contributed by atoms with Gasteiger partial charge >= 0.3 is 6.09 Å². The number of carbonyl (C=O) groups is 1. The topological polar surface area (TPSA) is 84.1 Å². The lowest BCUT2D eigenvalue weighted by atomic mass is 10.0. The highest BCUT2D eigenvalue weighted by atomic mass is 19.1. The van der Waals surface area contributed by atoms with E-state index in [1.807, 2.05) is 6.07 Å². The molecule has 6 nitrogen and oxygen atoms in total. The van der Waals surface area contributed by atoms with Crippen molar-refractivity contribution in [1.29, 1.82) is 5.26 Å². The minimum atomic E-state index is -0.919. The summed E-state index contributed by atoms with van der Waals surface area (Å²) in [6.07, 6.45) is 0.907. The number of nitriles is 1. The van der Waals surface area contributed by atoms with Gasteiger partial charge in [0.1, 0.15) is 17.5 Å². The number of nitrogens with zero attached hydrogens (tertiary/aromatic N) is 2. The number of amides is 1. The van der Waals surface area contributed by atoms with Crippen molar-refractivity contribution in [3.05, 3.63) is 58.3 Å². The third-order valence-corrected chi connectivity index (χ3v) is 3.74. The highest BCUT2D eigenvalue weighted by Crippen LogP contribution is 2.22. The molecule has 0 fully saturated rings. The fourth-order valence-corrected chi connectivity index (χ4v) is 2.46. The molecular formula is C20H22FN3O3. The van der Waals surface area contributed by atoms with Crippen LogP contribution >= 0.6 is 0 Å². The van der Waals surface area contributed by atoms with Crippen LogP contribution in [0.3, 0.4) is 0 Å². The first-order valence-electron chi connectivity index (χ1n) is 8.43. The molecule has 1 amide bonds. The molecule has 142 valence electrons. The Morgan fingerprint density at radius 1 is 1.30 bits per heavy atom. The van der Waals surface area contributed by atoms with Crippen molar-refractivity contribution in [2.75, 3.05) is 0 Å². The fourth-order valence-electron chi connectivity index (χ4n) is 2.46. The van der Waals surface area contributed by atoms with Gasteiger partial charge in [-0.25, -0.2) is 9.18 Å². The largest absolute Gasteiger partial charge is 0.444 e. The summed E-state index contributed by atoms with van der Waals surface area (Å²) in [5.41, 5.74) is 0.770.